The van der Waals surface area contributed by atoms with Gasteiger partial charge in [0, 0.05) is 44.1 Å². The summed E-state index contributed by atoms with van der Waals surface area (Å²) in [4.78, 5) is 30.4. The van der Waals surface area contributed by atoms with E-state index in [0.29, 0.717) is 39.0 Å². The largest absolute Gasteiger partial charge is 0.444 e. The van der Waals surface area contributed by atoms with E-state index in [1.807, 2.05) is 57.5 Å². The Labute approximate surface area is 178 Å². The van der Waals surface area contributed by atoms with Crippen LogP contribution in [0, 0.1) is 13.8 Å². The van der Waals surface area contributed by atoms with Crippen LogP contribution in [0.5, 0.6) is 0 Å². The van der Waals surface area contributed by atoms with E-state index < -0.39 is 5.60 Å². The fourth-order valence-electron chi connectivity index (χ4n) is 2.97. The fraction of sp³-hybridized carbons (Fsp3) is 0.545. The van der Waals surface area contributed by atoms with Crippen LogP contribution in [0.2, 0.25) is 0 Å². The van der Waals surface area contributed by atoms with Crippen molar-refractivity contribution < 1.29 is 14.3 Å². The third-order valence-corrected chi connectivity index (χ3v) is 4.33. The minimum absolute atomic E-state index is 0.0290. The van der Waals surface area contributed by atoms with Crippen molar-refractivity contribution in [2.45, 2.75) is 66.2 Å². The number of hydrogen-bond acceptors (Lipinski definition) is 5. The van der Waals surface area contributed by atoms with Crippen molar-refractivity contribution in [2.75, 3.05) is 13.1 Å². The van der Waals surface area contributed by atoms with Gasteiger partial charge in [-0.25, -0.2) is 4.79 Å². The van der Waals surface area contributed by atoms with E-state index in [0.717, 1.165) is 17.0 Å². The van der Waals surface area contributed by atoms with Crippen molar-refractivity contribution in [2.24, 2.45) is 0 Å². The molecule has 164 valence electrons. The first-order chi connectivity index (χ1) is 14.1. The van der Waals surface area contributed by atoms with Crippen molar-refractivity contribution in [3.05, 3.63) is 47.5 Å². The second-order valence-electron chi connectivity index (χ2n) is 8.37. The maximum Gasteiger partial charge on any atom is 0.410 e. The molecule has 1 N–H and O–H groups in total. The monoisotopic (exact) mass is 415 g/mol. The average Bonchev–Trinajstić information content (AvgIpc) is 2.99. The number of carbonyl (C=O) groups excluding carboxylic acids is 2. The summed E-state index contributed by atoms with van der Waals surface area (Å²) in [5, 5.41) is 7.28. The molecule has 2 aromatic rings. The van der Waals surface area contributed by atoms with Crippen LogP contribution >= 0.6 is 0 Å². The third-order valence-electron chi connectivity index (χ3n) is 4.33. The molecule has 30 heavy (non-hydrogen) atoms. The van der Waals surface area contributed by atoms with E-state index >= 15 is 0 Å². The van der Waals surface area contributed by atoms with Crippen LogP contribution in [0.1, 0.15) is 50.6 Å². The second kappa shape index (κ2) is 10.8. The molecule has 2 amide bonds. The van der Waals surface area contributed by atoms with E-state index in [2.05, 4.69) is 15.4 Å². The maximum atomic E-state index is 12.6. The number of ether oxygens (including phenoxy) is 1. The molecule has 2 heterocycles. The lowest BCUT2D eigenvalue weighted by molar-refractivity contribution is -0.121. The molecule has 8 nitrogen and oxygen atoms in total. The second-order valence-corrected chi connectivity index (χ2v) is 8.37. The molecule has 0 fully saturated rings. The smallest absolute Gasteiger partial charge is 0.410 e. The Kier molecular flexibility index (Phi) is 8.38. The van der Waals surface area contributed by atoms with Crippen molar-refractivity contribution in [3.63, 3.8) is 0 Å². The number of nitrogens with one attached hydrogen (secondary N) is 1. The van der Waals surface area contributed by atoms with Crippen LogP contribution in [0.15, 0.2) is 30.6 Å². The lowest BCUT2D eigenvalue weighted by Gasteiger charge is -2.27. The zero-order valence-corrected chi connectivity index (χ0v) is 18.6. The van der Waals surface area contributed by atoms with Crippen LogP contribution in [0.4, 0.5) is 4.79 Å². The standard InChI is InChI=1S/C22H33N5O3/c1-17-14-18(2)27(25-17)13-9-20(28)24-11-7-12-26(21(29)30-22(3,4)5)16-19-8-6-10-23-15-19/h6,8,10,14-15H,7,9,11-13,16H2,1-5H3,(H,24,28). The van der Waals surface area contributed by atoms with Gasteiger partial charge in [0.05, 0.1) is 12.2 Å². The van der Waals surface area contributed by atoms with Gasteiger partial charge in [0.15, 0.2) is 0 Å². The molecule has 0 atom stereocenters. The Morgan fingerprint density at radius 3 is 2.63 bits per heavy atom. The van der Waals surface area contributed by atoms with Crippen molar-refractivity contribution in [1.82, 2.24) is 25.0 Å². The van der Waals surface area contributed by atoms with Gasteiger partial charge < -0.3 is 15.0 Å². The zero-order valence-electron chi connectivity index (χ0n) is 18.6. The van der Waals surface area contributed by atoms with E-state index in [-0.39, 0.29) is 12.0 Å². The third kappa shape index (κ3) is 8.23. The Balaban J connectivity index is 1.80. The predicted octanol–water partition coefficient (Wildman–Crippen LogP) is 3.23. The molecule has 0 spiro atoms. The van der Waals surface area contributed by atoms with Gasteiger partial charge in [-0.15, -0.1) is 0 Å². The number of hydrogen-bond donors (Lipinski definition) is 1. The Hall–Kier alpha value is -2.90. The molecule has 0 unspecified atom stereocenters. The topological polar surface area (TPSA) is 89.4 Å². The van der Waals surface area contributed by atoms with Gasteiger partial charge in [0.1, 0.15) is 5.60 Å². The SMILES string of the molecule is Cc1cc(C)n(CCC(=O)NCCCN(Cc2cccnc2)C(=O)OC(C)(C)C)n1. The van der Waals surface area contributed by atoms with Crippen molar-refractivity contribution in [3.8, 4) is 0 Å². The molecule has 0 aliphatic carbocycles. The summed E-state index contributed by atoms with van der Waals surface area (Å²) in [6, 6.07) is 5.75. The normalized spacial score (nSPS) is 11.2. The summed E-state index contributed by atoms with van der Waals surface area (Å²) < 4.78 is 7.36. The van der Waals surface area contributed by atoms with Crippen LogP contribution in [0.3, 0.4) is 0 Å². The molecule has 0 saturated carbocycles. The van der Waals surface area contributed by atoms with Crippen molar-refractivity contribution >= 4 is 12.0 Å². The number of carbonyl (C=O) groups is 2. The Morgan fingerprint density at radius 1 is 1.27 bits per heavy atom. The number of pyridine rings is 1. The molecule has 2 aromatic heterocycles. The lowest BCUT2D eigenvalue weighted by Crippen LogP contribution is -2.38. The minimum Gasteiger partial charge on any atom is -0.444 e. The summed E-state index contributed by atoms with van der Waals surface area (Å²) in [6.45, 7) is 11.4. The highest BCUT2D eigenvalue weighted by molar-refractivity contribution is 5.75. The molecule has 0 saturated heterocycles. The van der Waals surface area contributed by atoms with Gasteiger partial charge >= 0.3 is 6.09 Å². The number of aryl methyl sites for hydroxylation is 3. The number of rotatable bonds is 9. The van der Waals surface area contributed by atoms with Gasteiger partial charge in [0.2, 0.25) is 5.91 Å². The molecule has 8 heteroatoms. The Morgan fingerprint density at radius 2 is 2.03 bits per heavy atom. The molecule has 0 aromatic carbocycles. The summed E-state index contributed by atoms with van der Waals surface area (Å²) in [5.74, 6) is -0.0290. The van der Waals surface area contributed by atoms with Gasteiger partial charge in [-0.1, -0.05) is 6.07 Å². The van der Waals surface area contributed by atoms with Crippen molar-refractivity contribution in [1.29, 1.82) is 0 Å². The van der Waals surface area contributed by atoms with Crippen LogP contribution < -0.4 is 5.32 Å². The average molecular weight is 416 g/mol. The molecule has 2 rings (SSSR count). The van der Waals surface area contributed by atoms with Gasteiger partial charge in [-0.05, 0) is 58.7 Å². The van der Waals surface area contributed by atoms with Crippen LogP contribution in [-0.4, -0.2) is 50.4 Å². The predicted molar refractivity (Wildman–Crippen MR) is 115 cm³/mol. The van der Waals surface area contributed by atoms with Crippen LogP contribution in [0.25, 0.3) is 0 Å². The highest BCUT2D eigenvalue weighted by Gasteiger charge is 2.22. The first-order valence-corrected chi connectivity index (χ1v) is 10.3. The fourth-order valence-corrected chi connectivity index (χ4v) is 2.97. The van der Waals surface area contributed by atoms with E-state index in [1.54, 1.807) is 17.3 Å². The minimum atomic E-state index is -0.568. The first-order valence-electron chi connectivity index (χ1n) is 10.3. The summed E-state index contributed by atoms with van der Waals surface area (Å²) in [5.41, 5.74) is 2.35. The molecule has 0 aliphatic heterocycles. The zero-order chi connectivity index (χ0) is 22.1. The highest BCUT2D eigenvalue weighted by Crippen LogP contribution is 2.13. The summed E-state index contributed by atoms with van der Waals surface area (Å²) in [7, 11) is 0. The highest BCUT2D eigenvalue weighted by atomic mass is 16.6. The first kappa shape index (κ1) is 23.4. The summed E-state index contributed by atoms with van der Waals surface area (Å²) >= 11 is 0. The van der Waals surface area contributed by atoms with E-state index in [9.17, 15) is 9.59 Å². The molecular formula is C22H33N5O3. The molecule has 0 radical (unpaired) electrons. The molecular weight excluding hydrogens is 382 g/mol. The van der Waals surface area contributed by atoms with Crippen LogP contribution in [-0.2, 0) is 22.6 Å². The van der Waals surface area contributed by atoms with E-state index in [1.165, 1.54) is 0 Å². The van der Waals surface area contributed by atoms with E-state index in [4.69, 9.17) is 4.74 Å². The number of aromatic nitrogens is 3. The number of amides is 2. The van der Waals surface area contributed by atoms with Gasteiger partial charge in [-0.2, -0.15) is 5.10 Å². The number of nitrogens with zero attached hydrogens (tertiary/aromatic N) is 4. The quantitative estimate of drug-likeness (QED) is 0.635. The van der Waals surface area contributed by atoms with Gasteiger partial charge in [-0.3, -0.25) is 14.5 Å². The lowest BCUT2D eigenvalue weighted by atomic mass is 10.2. The Bertz CT molecular complexity index is 827. The maximum absolute atomic E-state index is 12.6. The molecule has 0 aliphatic rings. The molecule has 0 bridgehead atoms. The summed E-state index contributed by atoms with van der Waals surface area (Å²) in [6.07, 6.45) is 4.06. The van der Waals surface area contributed by atoms with Gasteiger partial charge in [0.25, 0.3) is 0 Å².